The minimum atomic E-state index is -0.614. The van der Waals surface area contributed by atoms with Crippen LogP contribution >= 0.6 is 11.6 Å². The summed E-state index contributed by atoms with van der Waals surface area (Å²) in [5.41, 5.74) is 1.82. The van der Waals surface area contributed by atoms with E-state index >= 15 is 0 Å². The third kappa shape index (κ3) is 4.77. The average Bonchev–Trinajstić information content (AvgIpc) is 3.05. The van der Waals surface area contributed by atoms with Gasteiger partial charge in [-0.15, -0.1) is 6.58 Å². The average molecular weight is 445 g/mol. The smallest absolute Gasteiger partial charge is 0.322 e. The molecule has 1 N–H and O–H groups in total. The summed E-state index contributed by atoms with van der Waals surface area (Å²) in [4.78, 5) is 43.9. The third-order valence-corrected chi connectivity index (χ3v) is 5.69. The van der Waals surface area contributed by atoms with Gasteiger partial charge in [-0.25, -0.2) is 4.79 Å². The van der Waals surface area contributed by atoms with Gasteiger partial charge in [-0.05, 0) is 30.5 Å². The van der Waals surface area contributed by atoms with Gasteiger partial charge in [0.25, 0.3) is 5.91 Å². The Labute approximate surface area is 188 Å². The van der Waals surface area contributed by atoms with Crippen LogP contribution in [-0.4, -0.2) is 65.3 Å². The van der Waals surface area contributed by atoms with E-state index in [0.29, 0.717) is 29.4 Å². The molecule has 7 nitrogen and oxygen atoms in total. The van der Waals surface area contributed by atoms with E-state index in [-0.39, 0.29) is 37.5 Å². The first-order chi connectivity index (χ1) is 14.9. The Kier molecular flexibility index (Phi) is 7.38. The maximum absolute atomic E-state index is 13.4. The van der Waals surface area contributed by atoms with Crippen LogP contribution in [0.3, 0.4) is 0 Å². The molecule has 31 heavy (non-hydrogen) atoms. The standard InChI is InChI=1S/C23H29ClN4O3/c1-4-10-26(11-5-2)19(29)15-27-14-18-20(22(27)30)21(16-8-7-9-17(24)13-16)25-23(31)28(18)12-6-3/h6-9,13,21H,3-5,10-12,14-15H2,1-2H3,(H,25,31)/t21-/m0/s1. The van der Waals surface area contributed by atoms with E-state index in [2.05, 4.69) is 11.9 Å². The fraction of sp³-hybridized carbons (Fsp3) is 0.435. The SMILES string of the molecule is C=CCN1C(=O)N[C@@H](c2cccc(Cl)c2)C2=C1CN(CC(=O)N(CCC)CCC)C2=O. The van der Waals surface area contributed by atoms with Crippen molar-refractivity contribution in [1.29, 1.82) is 0 Å². The van der Waals surface area contributed by atoms with Crippen molar-refractivity contribution in [3.63, 3.8) is 0 Å². The number of rotatable bonds is 9. The number of nitrogens with zero attached hydrogens (tertiary/aromatic N) is 3. The van der Waals surface area contributed by atoms with Crippen molar-refractivity contribution in [2.75, 3.05) is 32.7 Å². The Morgan fingerprint density at radius 3 is 2.61 bits per heavy atom. The van der Waals surface area contributed by atoms with Gasteiger partial charge in [0, 0.05) is 24.7 Å². The summed E-state index contributed by atoms with van der Waals surface area (Å²) in [5, 5.41) is 3.44. The highest BCUT2D eigenvalue weighted by atomic mass is 35.5. The Morgan fingerprint density at radius 2 is 2.00 bits per heavy atom. The van der Waals surface area contributed by atoms with E-state index in [1.807, 2.05) is 19.9 Å². The highest BCUT2D eigenvalue weighted by molar-refractivity contribution is 6.30. The number of hydrogen-bond acceptors (Lipinski definition) is 3. The minimum Gasteiger partial charge on any atom is -0.341 e. The predicted molar refractivity (Wildman–Crippen MR) is 120 cm³/mol. The molecule has 0 aliphatic carbocycles. The van der Waals surface area contributed by atoms with Gasteiger partial charge in [-0.3, -0.25) is 14.5 Å². The van der Waals surface area contributed by atoms with E-state index in [1.54, 1.807) is 29.2 Å². The fourth-order valence-electron chi connectivity index (χ4n) is 4.10. The Bertz CT molecular complexity index is 908. The Balaban J connectivity index is 1.91. The van der Waals surface area contributed by atoms with E-state index in [9.17, 15) is 14.4 Å². The molecular formula is C23H29ClN4O3. The van der Waals surface area contributed by atoms with Gasteiger partial charge < -0.3 is 15.1 Å². The van der Waals surface area contributed by atoms with E-state index in [0.717, 1.165) is 18.4 Å². The summed E-state index contributed by atoms with van der Waals surface area (Å²) in [6.45, 7) is 9.58. The quantitative estimate of drug-likeness (QED) is 0.594. The largest absolute Gasteiger partial charge is 0.341 e. The van der Waals surface area contributed by atoms with Crippen LogP contribution < -0.4 is 5.32 Å². The lowest BCUT2D eigenvalue weighted by molar-refractivity contribution is -0.137. The van der Waals surface area contributed by atoms with Crippen molar-refractivity contribution in [3.8, 4) is 0 Å². The first-order valence-electron chi connectivity index (χ1n) is 10.7. The lowest BCUT2D eigenvalue weighted by Gasteiger charge is -2.33. The second-order valence-corrected chi connectivity index (χ2v) is 8.18. The van der Waals surface area contributed by atoms with Crippen LogP contribution in [0.4, 0.5) is 4.79 Å². The topological polar surface area (TPSA) is 73.0 Å². The summed E-state index contributed by atoms with van der Waals surface area (Å²) in [7, 11) is 0. The van der Waals surface area contributed by atoms with Crippen molar-refractivity contribution < 1.29 is 14.4 Å². The Morgan fingerprint density at radius 1 is 1.29 bits per heavy atom. The zero-order valence-electron chi connectivity index (χ0n) is 18.1. The number of benzene rings is 1. The van der Waals surface area contributed by atoms with Gasteiger partial charge in [0.15, 0.2) is 0 Å². The monoisotopic (exact) mass is 444 g/mol. The van der Waals surface area contributed by atoms with Gasteiger partial charge in [0.2, 0.25) is 5.91 Å². The second-order valence-electron chi connectivity index (χ2n) is 7.74. The number of amides is 4. The predicted octanol–water partition coefficient (Wildman–Crippen LogP) is 3.34. The molecule has 0 radical (unpaired) electrons. The molecule has 8 heteroatoms. The van der Waals surface area contributed by atoms with E-state index in [1.165, 1.54) is 9.80 Å². The lowest BCUT2D eigenvalue weighted by Crippen LogP contribution is -2.47. The van der Waals surface area contributed by atoms with Crippen molar-refractivity contribution in [3.05, 3.63) is 58.8 Å². The highest BCUT2D eigenvalue weighted by Gasteiger charge is 2.44. The van der Waals surface area contributed by atoms with Gasteiger partial charge in [-0.1, -0.05) is 43.7 Å². The molecule has 4 amide bonds. The van der Waals surface area contributed by atoms with Gasteiger partial charge in [0.1, 0.15) is 6.54 Å². The first kappa shape index (κ1) is 22.9. The zero-order valence-corrected chi connectivity index (χ0v) is 18.8. The van der Waals surface area contributed by atoms with Crippen molar-refractivity contribution in [2.45, 2.75) is 32.7 Å². The molecule has 0 fully saturated rings. The van der Waals surface area contributed by atoms with Crippen LogP contribution in [0.2, 0.25) is 5.02 Å². The third-order valence-electron chi connectivity index (χ3n) is 5.46. The first-order valence-corrected chi connectivity index (χ1v) is 11.0. The Hall–Kier alpha value is -2.80. The number of nitrogens with one attached hydrogen (secondary N) is 1. The fourth-order valence-corrected chi connectivity index (χ4v) is 4.30. The molecule has 0 spiro atoms. The molecule has 2 heterocycles. The number of carbonyl (C=O) groups is 3. The number of halogens is 1. The molecule has 2 aliphatic rings. The zero-order chi connectivity index (χ0) is 22.5. The van der Waals surface area contributed by atoms with Crippen LogP contribution in [0.1, 0.15) is 38.3 Å². The molecule has 3 rings (SSSR count). The van der Waals surface area contributed by atoms with Gasteiger partial charge in [0.05, 0.1) is 23.9 Å². The van der Waals surface area contributed by atoms with Crippen LogP contribution in [-0.2, 0) is 9.59 Å². The van der Waals surface area contributed by atoms with Gasteiger partial charge >= 0.3 is 6.03 Å². The second kappa shape index (κ2) is 10.0. The maximum Gasteiger partial charge on any atom is 0.322 e. The summed E-state index contributed by atoms with van der Waals surface area (Å²) >= 11 is 6.15. The summed E-state index contributed by atoms with van der Waals surface area (Å²) in [6, 6.07) is 6.18. The number of carbonyl (C=O) groups excluding carboxylic acids is 3. The summed E-state index contributed by atoms with van der Waals surface area (Å²) < 4.78 is 0. The molecule has 0 bridgehead atoms. The summed E-state index contributed by atoms with van der Waals surface area (Å²) in [6.07, 6.45) is 3.33. The molecule has 2 aliphatic heterocycles. The molecule has 0 saturated heterocycles. The van der Waals surface area contributed by atoms with Crippen molar-refractivity contribution in [2.24, 2.45) is 0 Å². The van der Waals surface area contributed by atoms with Crippen LogP contribution in [0.25, 0.3) is 0 Å². The normalized spacial score (nSPS) is 18.2. The van der Waals surface area contributed by atoms with E-state index < -0.39 is 6.04 Å². The molecule has 1 aromatic carbocycles. The maximum atomic E-state index is 13.4. The minimum absolute atomic E-state index is 0.00970. The lowest BCUT2D eigenvalue weighted by atomic mass is 9.95. The number of urea groups is 1. The van der Waals surface area contributed by atoms with E-state index in [4.69, 9.17) is 11.6 Å². The molecule has 166 valence electrons. The molecular weight excluding hydrogens is 416 g/mol. The molecule has 1 atom stereocenters. The number of hydrogen-bond donors (Lipinski definition) is 1. The molecule has 0 aromatic heterocycles. The summed E-state index contributed by atoms with van der Waals surface area (Å²) in [5.74, 6) is -0.318. The molecule has 0 saturated carbocycles. The molecule has 0 unspecified atom stereocenters. The molecule has 1 aromatic rings. The van der Waals surface area contributed by atoms with Gasteiger partial charge in [-0.2, -0.15) is 0 Å². The van der Waals surface area contributed by atoms with Crippen molar-refractivity contribution >= 4 is 29.4 Å². The highest BCUT2D eigenvalue weighted by Crippen LogP contribution is 2.36. The van der Waals surface area contributed by atoms with Crippen molar-refractivity contribution in [1.82, 2.24) is 20.0 Å². The van der Waals surface area contributed by atoms with Crippen LogP contribution in [0.15, 0.2) is 48.2 Å². The van der Waals surface area contributed by atoms with Crippen LogP contribution in [0.5, 0.6) is 0 Å². The van der Waals surface area contributed by atoms with Crippen LogP contribution in [0, 0.1) is 0 Å².